The Kier molecular flexibility index (Phi) is 2.86. The maximum atomic E-state index is 13.3. The van der Waals surface area contributed by atoms with E-state index >= 15 is 0 Å². The van der Waals surface area contributed by atoms with Crippen LogP contribution in [0.1, 0.15) is 24.8 Å². The number of ether oxygens (including phenoxy) is 1. The Balaban J connectivity index is 2.56. The van der Waals surface area contributed by atoms with E-state index < -0.39 is 11.4 Å². The van der Waals surface area contributed by atoms with Crippen LogP contribution in [0.25, 0.3) is 0 Å². The molecule has 0 amide bonds. The summed E-state index contributed by atoms with van der Waals surface area (Å²) in [7, 11) is 1.28. The van der Waals surface area contributed by atoms with Crippen molar-refractivity contribution in [3.63, 3.8) is 0 Å². The summed E-state index contributed by atoms with van der Waals surface area (Å²) in [6.45, 7) is 0. The number of methoxy groups -OCH3 is 1. The van der Waals surface area contributed by atoms with Crippen LogP contribution in [-0.4, -0.2) is 18.3 Å². The van der Waals surface area contributed by atoms with Gasteiger partial charge in [-0.3, -0.25) is 0 Å². The first-order valence-electron chi connectivity index (χ1n) is 5.29. The maximum Gasteiger partial charge on any atom is 0.235 e. The third-order valence-electron chi connectivity index (χ3n) is 3.23. The average molecular weight is 237 g/mol. The Bertz CT molecular complexity index is 491. The molecule has 0 heterocycles. The van der Waals surface area contributed by atoms with Gasteiger partial charge in [-0.1, -0.05) is 0 Å². The predicted octanol–water partition coefficient (Wildman–Crippen LogP) is 2.25. The molecule has 1 aliphatic rings. The molecule has 1 aromatic rings. The monoisotopic (exact) mass is 237 g/mol. The molecule has 0 unspecified atom stereocenters. The minimum Gasteiger partial charge on any atom is -0.504 e. The lowest BCUT2D eigenvalue weighted by atomic mass is 9.72. The topological polar surface area (TPSA) is 58.9 Å². The normalized spacial score (nSPS) is 16.8. The largest absolute Gasteiger partial charge is 0.504 e. The highest BCUT2D eigenvalue weighted by molar-refractivity contribution is 5.52. The molecule has 1 N–H and O–H groups in total. The summed E-state index contributed by atoms with van der Waals surface area (Å²) in [5.41, 5.74) is -0.336. The molecule has 0 spiro atoms. The third kappa shape index (κ3) is 1.68. The van der Waals surface area contributed by atoms with E-state index in [1.807, 2.05) is 0 Å². The molecule has 1 aromatic carbocycles. The maximum absolute atomic E-state index is 13.3. The van der Waals surface area contributed by atoms with Gasteiger partial charge < -0.3 is 9.84 Å². The molecule has 1 aliphatic carbocycles. The van der Waals surface area contributed by atoms with E-state index in [0.29, 0.717) is 18.4 Å². The van der Waals surface area contributed by atoms with Gasteiger partial charge in [-0.25, -0.2) is 9.18 Å². The summed E-state index contributed by atoms with van der Waals surface area (Å²) in [5.74, 6) is -1.14. The number of aliphatic imine (C=N–C) groups is 1. The fraction of sp³-hybridized carbons (Fsp3) is 0.417. The lowest BCUT2D eigenvalue weighted by molar-refractivity contribution is 0.243. The van der Waals surface area contributed by atoms with E-state index in [0.717, 1.165) is 6.42 Å². The molecule has 0 radical (unpaired) electrons. The van der Waals surface area contributed by atoms with E-state index in [1.165, 1.54) is 25.3 Å². The Morgan fingerprint density at radius 1 is 1.53 bits per heavy atom. The molecule has 4 nitrogen and oxygen atoms in total. The number of benzene rings is 1. The molecule has 90 valence electrons. The molecule has 0 atom stereocenters. The van der Waals surface area contributed by atoms with Crippen molar-refractivity contribution in [3.05, 3.63) is 23.5 Å². The summed E-state index contributed by atoms with van der Waals surface area (Å²) in [5, 5.41) is 9.94. The van der Waals surface area contributed by atoms with Gasteiger partial charge in [-0.15, -0.1) is 0 Å². The Morgan fingerprint density at radius 3 is 2.71 bits per heavy atom. The van der Waals surface area contributed by atoms with Gasteiger partial charge in [0.25, 0.3) is 0 Å². The summed E-state index contributed by atoms with van der Waals surface area (Å²) < 4.78 is 18.1. The number of carbonyl (C=O) groups excluding carboxylic acids is 1. The molecule has 0 saturated heterocycles. The SMILES string of the molecule is COc1c(F)ccc(C2(N=C=O)CCC2)c1O. The summed E-state index contributed by atoms with van der Waals surface area (Å²) in [6.07, 6.45) is 3.71. The number of phenols is 1. The van der Waals surface area contributed by atoms with Crippen molar-refractivity contribution in [3.8, 4) is 11.5 Å². The number of aromatic hydroxyl groups is 1. The van der Waals surface area contributed by atoms with Gasteiger partial charge >= 0.3 is 0 Å². The summed E-state index contributed by atoms with van der Waals surface area (Å²) >= 11 is 0. The van der Waals surface area contributed by atoms with Crippen LogP contribution in [0, 0.1) is 5.82 Å². The van der Waals surface area contributed by atoms with Crippen LogP contribution in [0.5, 0.6) is 11.5 Å². The van der Waals surface area contributed by atoms with Gasteiger partial charge in [-0.05, 0) is 31.4 Å². The molecule has 0 aliphatic heterocycles. The smallest absolute Gasteiger partial charge is 0.235 e. The summed E-state index contributed by atoms with van der Waals surface area (Å²) in [4.78, 5) is 14.2. The number of phenolic OH excluding ortho intramolecular Hbond substituents is 1. The molecule has 17 heavy (non-hydrogen) atoms. The van der Waals surface area contributed by atoms with Gasteiger partial charge in [0.15, 0.2) is 17.3 Å². The van der Waals surface area contributed by atoms with Gasteiger partial charge in [0, 0.05) is 5.56 Å². The van der Waals surface area contributed by atoms with Crippen molar-refractivity contribution in [1.29, 1.82) is 0 Å². The van der Waals surface area contributed by atoms with E-state index in [9.17, 15) is 14.3 Å². The fourth-order valence-electron chi connectivity index (χ4n) is 2.16. The van der Waals surface area contributed by atoms with Crippen LogP contribution in [0.4, 0.5) is 4.39 Å². The van der Waals surface area contributed by atoms with Crippen LogP contribution in [0.3, 0.4) is 0 Å². The predicted molar refractivity (Wildman–Crippen MR) is 58.3 cm³/mol. The Morgan fingerprint density at radius 2 is 2.24 bits per heavy atom. The zero-order chi connectivity index (χ0) is 12.5. The van der Waals surface area contributed by atoms with E-state index in [-0.39, 0.29) is 11.5 Å². The van der Waals surface area contributed by atoms with E-state index in [2.05, 4.69) is 4.99 Å². The highest BCUT2D eigenvalue weighted by atomic mass is 19.1. The first-order chi connectivity index (χ1) is 8.14. The molecule has 0 bridgehead atoms. The van der Waals surface area contributed by atoms with Crippen molar-refractivity contribution in [2.24, 2.45) is 4.99 Å². The first kappa shape index (κ1) is 11.6. The van der Waals surface area contributed by atoms with Crippen LogP contribution in [-0.2, 0) is 10.3 Å². The van der Waals surface area contributed by atoms with Crippen LogP contribution < -0.4 is 4.74 Å². The second-order valence-corrected chi connectivity index (χ2v) is 4.07. The molecule has 2 rings (SSSR count). The number of isocyanates is 1. The number of rotatable bonds is 3. The minimum atomic E-state index is -0.757. The molecule has 1 saturated carbocycles. The van der Waals surface area contributed by atoms with Gasteiger partial charge in [0.2, 0.25) is 6.08 Å². The van der Waals surface area contributed by atoms with Crippen LogP contribution >= 0.6 is 0 Å². The number of hydrogen-bond acceptors (Lipinski definition) is 4. The van der Waals surface area contributed by atoms with Crippen LogP contribution in [0.2, 0.25) is 0 Å². The number of halogens is 1. The molecular formula is C12H12FNO3. The van der Waals surface area contributed by atoms with Gasteiger partial charge in [0.05, 0.1) is 7.11 Å². The Hall–Kier alpha value is -1.87. The lowest BCUT2D eigenvalue weighted by Gasteiger charge is -2.37. The quantitative estimate of drug-likeness (QED) is 0.648. The molecule has 5 heteroatoms. The molecular weight excluding hydrogens is 225 g/mol. The fourth-order valence-corrected chi connectivity index (χ4v) is 2.16. The third-order valence-corrected chi connectivity index (χ3v) is 3.23. The standard InChI is InChI=1S/C12H12FNO3/c1-17-11-9(13)4-3-8(10(11)16)12(14-7-15)5-2-6-12/h3-4,16H,2,5-6H2,1H3. The highest BCUT2D eigenvalue weighted by Gasteiger charge is 2.41. The van der Waals surface area contributed by atoms with Crippen molar-refractivity contribution < 1.29 is 19.0 Å². The van der Waals surface area contributed by atoms with Gasteiger partial charge in [0.1, 0.15) is 5.54 Å². The lowest BCUT2D eigenvalue weighted by Crippen LogP contribution is -2.32. The second kappa shape index (κ2) is 4.18. The van der Waals surface area contributed by atoms with Crippen molar-refractivity contribution in [2.45, 2.75) is 24.8 Å². The second-order valence-electron chi connectivity index (χ2n) is 4.07. The zero-order valence-corrected chi connectivity index (χ0v) is 9.36. The van der Waals surface area contributed by atoms with Crippen molar-refractivity contribution >= 4 is 6.08 Å². The Labute approximate surface area is 97.7 Å². The van der Waals surface area contributed by atoms with Crippen molar-refractivity contribution in [2.75, 3.05) is 7.11 Å². The first-order valence-corrected chi connectivity index (χ1v) is 5.29. The molecule has 1 fully saturated rings. The highest BCUT2D eigenvalue weighted by Crippen LogP contribution is 2.50. The number of hydrogen-bond donors (Lipinski definition) is 1. The van der Waals surface area contributed by atoms with Crippen LogP contribution in [0.15, 0.2) is 17.1 Å². The average Bonchev–Trinajstić information content (AvgIpc) is 2.25. The van der Waals surface area contributed by atoms with Crippen molar-refractivity contribution in [1.82, 2.24) is 0 Å². The minimum absolute atomic E-state index is 0.213. The molecule has 0 aromatic heterocycles. The summed E-state index contributed by atoms with van der Waals surface area (Å²) in [6, 6.07) is 2.64. The van der Waals surface area contributed by atoms with E-state index in [4.69, 9.17) is 4.74 Å². The zero-order valence-electron chi connectivity index (χ0n) is 9.36. The number of nitrogens with zero attached hydrogens (tertiary/aromatic N) is 1. The van der Waals surface area contributed by atoms with Gasteiger partial charge in [-0.2, -0.15) is 4.99 Å². The van der Waals surface area contributed by atoms with E-state index in [1.54, 1.807) is 0 Å².